The number of ether oxygens (including phenoxy) is 1. The van der Waals surface area contributed by atoms with Gasteiger partial charge in [0, 0.05) is 24.8 Å². The van der Waals surface area contributed by atoms with Crippen molar-refractivity contribution in [3.8, 4) is 0 Å². The summed E-state index contributed by atoms with van der Waals surface area (Å²) in [5.74, 6) is 2.21. The molecule has 16 heavy (non-hydrogen) atoms. The molecule has 0 spiro atoms. The van der Waals surface area contributed by atoms with Gasteiger partial charge in [0.1, 0.15) is 11.9 Å². The molecule has 1 fully saturated rings. The van der Waals surface area contributed by atoms with Gasteiger partial charge in [-0.25, -0.2) is 9.97 Å². The Hall–Kier alpha value is -1.16. The Kier molecular flexibility index (Phi) is 3.10. The van der Waals surface area contributed by atoms with Gasteiger partial charge in [-0.15, -0.1) is 0 Å². The lowest BCUT2D eigenvalue weighted by Crippen LogP contribution is -2.14. The summed E-state index contributed by atoms with van der Waals surface area (Å²) in [6.45, 7) is 4.19. The summed E-state index contributed by atoms with van der Waals surface area (Å²) in [7, 11) is 1.69. The SMILES string of the molecule is COC(c1nc(N)cc(C2CC2)n1)C(C)C. The lowest BCUT2D eigenvalue weighted by Gasteiger charge is -2.18. The van der Waals surface area contributed by atoms with Crippen molar-refractivity contribution in [1.82, 2.24) is 9.97 Å². The van der Waals surface area contributed by atoms with Crippen LogP contribution in [0.3, 0.4) is 0 Å². The maximum atomic E-state index is 5.81. The molecular weight excluding hydrogens is 202 g/mol. The second-order valence-electron chi connectivity index (χ2n) is 4.75. The Morgan fingerprint density at radius 1 is 1.38 bits per heavy atom. The van der Waals surface area contributed by atoms with Crippen LogP contribution < -0.4 is 5.73 Å². The zero-order chi connectivity index (χ0) is 11.7. The molecule has 2 N–H and O–H groups in total. The van der Waals surface area contributed by atoms with Gasteiger partial charge >= 0.3 is 0 Å². The van der Waals surface area contributed by atoms with Crippen LogP contribution in [0.25, 0.3) is 0 Å². The highest BCUT2D eigenvalue weighted by Crippen LogP contribution is 2.39. The Morgan fingerprint density at radius 3 is 2.56 bits per heavy atom. The third-order valence-corrected chi connectivity index (χ3v) is 2.89. The molecule has 4 heteroatoms. The summed E-state index contributed by atoms with van der Waals surface area (Å²) in [6.07, 6.45) is 2.37. The molecule has 0 aromatic carbocycles. The Bertz CT molecular complexity index is 375. The predicted molar refractivity (Wildman–Crippen MR) is 63.0 cm³/mol. The molecule has 0 amide bonds. The maximum absolute atomic E-state index is 5.81. The molecule has 1 aromatic rings. The van der Waals surface area contributed by atoms with Crippen LogP contribution in [0.15, 0.2) is 6.07 Å². The molecule has 2 rings (SSSR count). The summed E-state index contributed by atoms with van der Waals surface area (Å²) < 4.78 is 5.43. The third-order valence-electron chi connectivity index (χ3n) is 2.89. The van der Waals surface area contributed by atoms with Crippen molar-refractivity contribution < 1.29 is 4.74 Å². The Balaban J connectivity index is 2.31. The average molecular weight is 221 g/mol. The number of methoxy groups -OCH3 is 1. The van der Waals surface area contributed by atoms with E-state index in [1.54, 1.807) is 7.11 Å². The molecule has 4 nitrogen and oxygen atoms in total. The van der Waals surface area contributed by atoms with E-state index in [0.717, 1.165) is 11.5 Å². The monoisotopic (exact) mass is 221 g/mol. The average Bonchev–Trinajstić information content (AvgIpc) is 3.00. The number of rotatable bonds is 4. The summed E-state index contributed by atoms with van der Waals surface area (Å²) >= 11 is 0. The maximum Gasteiger partial charge on any atom is 0.159 e. The second kappa shape index (κ2) is 4.37. The van der Waals surface area contributed by atoms with Gasteiger partial charge in [0.25, 0.3) is 0 Å². The molecule has 0 saturated heterocycles. The van der Waals surface area contributed by atoms with Crippen molar-refractivity contribution in [2.75, 3.05) is 12.8 Å². The molecule has 1 aromatic heterocycles. The first-order valence-electron chi connectivity index (χ1n) is 5.79. The molecule has 88 valence electrons. The number of aromatic nitrogens is 2. The zero-order valence-electron chi connectivity index (χ0n) is 10.1. The van der Waals surface area contributed by atoms with E-state index >= 15 is 0 Å². The first-order chi connectivity index (χ1) is 7.61. The van der Waals surface area contributed by atoms with Crippen LogP contribution in [-0.4, -0.2) is 17.1 Å². The predicted octanol–water partition coefficient (Wildman–Crippen LogP) is 2.28. The summed E-state index contributed by atoms with van der Waals surface area (Å²) in [6, 6.07) is 1.88. The number of nitrogen functional groups attached to an aromatic ring is 1. The number of nitrogens with zero attached hydrogens (tertiary/aromatic N) is 2. The zero-order valence-corrected chi connectivity index (χ0v) is 10.1. The highest BCUT2D eigenvalue weighted by atomic mass is 16.5. The van der Waals surface area contributed by atoms with E-state index in [-0.39, 0.29) is 6.10 Å². The summed E-state index contributed by atoms with van der Waals surface area (Å²) in [5.41, 5.74) is 6.89. The standard InChI is InChI=1S/C12H19N3O/c1-7(2)11(16-3)12-14-9(8-4-5-8)6-10(13)15-12/h6-8,11H,4-5H2,1-3H3,(H2,13,14,15). The van der Waals surface area contributed by atoms with Crippen LogP contribution in [-0.2, 0) is 4.74 Å². The van der Waals surface area contributed by atoms with Crippen molar-refractivity contribution >= 4 is 5.82 Å². The van der Waals surface area contributed by atoms with Gasteiger partial charge in [0.05, 0.1) is 0 Å². The topological polar surface area (TPSA) is 61.0 Å². The van der Waals surface area contributed by atoms with Crippen molar-refractivity contribution in [3.63, 3.8) is 0 Å². The molecule has 1 atom stereocenters. The molecule has 0 aliphatic heterocycles. The number of hydrogen-bond acceptors (Lipinski definition) is 4. The molecule has 1 aliphatic carbocycles. The molecule has 1 unspecified atom stereocenters. The minimum atomic E-state index is -0.0685. The molecule has 1 heterocycles. The van der Waals surface area contributed by atoms with E-state index in [1.807, 2.05) is 6.07 Å². The van der Waals surface area contributed by atoms with Crippen molar-refractivity contribution in [3.05, 3.63) is 17.6 Å². The van der Waals surface area contributed by atoms with E-state index in [4.69, 9.17) is 10.5 Å². The molecule has 0 radical (unpaired) electrons. The van der Waals surface area contributed by atoms with E-state index in [9.17, 15) is 0 Å². The highest BCUT2D eigenvalue weighted by Gasteiger charge is 2.27. The van der Waals surface area contributed by atoms with Gasteiger partial charge < -0.3 is 10.5 Å². The fourth-order valence-electron chi connectivity index (χ4n) is 1.90. The molecular formula is C12H19N3O. The fraction of sp³-hybridized carbons (Fsp3) is 0.667. The lowest BCUT2D eigenvalue weighted by atomic mass is 10.1. The van der Waals surface area contributed by atoms with Gasteiger partial charge in [0.15, 0.2) is 5.82 Å². The number of hydrogen-bond donors (Lipinski definition) is 1. The Morgan fingerprint density at radius 2 is 2.06 bits per heavy atom. The van der Waals surface area contributed by atoms with E-state index < -0.39 is 0 Å². The first kappa shape index (κ1) is 11.3. The van der Waals surface area contributed by atoms with Gasteiger partial charge in [-0.05, 0) is 18.8 Å². The van der Waals surface area contributed by atoms with Crippen molar-refractivity contribution in [1.29, 1.82) is 0 Å². The fourth-order valence-corrected chi connectivity index (χ4v) is 1.90. The van der Waals surface area contributed by atoms with Crippen LogP contribution in [0.5, 0.6) is 0 Å². The van der Waals surface area contributed by atoms with Gasteiger partial charge in [-0.1, -0.05) is 13.8 Å². The Labute approximate surface area is 96.2 Å². The largest absolute Gasteiger partial charge is 0.384 e. The van der Waals surface area contributed by atoms with Crippen LogP contribution in [0, 0.1) is 5.92 Å². The van der Waals surface area contributed by atoms with Crippen molar-refractivity contribution in [2.24, 2.45) is 5.92 Å². The normalized spacial score (nSPS) is 17.8. The minimum absolute atomic E-state index is 0.0685. The van der Waals surface area contributed by atoms with Crippen LogP contribution in [0.2, 0.25) is 0 Å². The van der Waals surface area contributed by atoms with E-state index in [1.165, 1.54) is 12.8 Å². The minimum Gasteiger partial charge on any atom is -0.384 e. The van der Waals surface area contributed by atoms with Gasteiger partial charge in [0.2, 0.25) is 0 Å². The van der Waals surface area contributed by atoms with E-state index in [2.05, 4.69) is 23.8 Å². The number of anilines is 1. The summed E-state index contributed by atoms with van der Waals surface area (Å²) in [4.78, 5) is 8.85. The smallest absolute Gasteiger partial charge is 0.159 e. The number of nitrogens with two attached hydrogens (primary N) is 1. The first-order valence-corrected chi connectivity index (χ1v) is 5.79. The molecule has 0 bridgehead atoms. The molecule has 1 aliphatic rings. The highest BCUT2D eigenvalue weighted by molar-refractivity contribution is 5.33. The third kappa shape index (κ3) is 2.32. The van der Waals surface area contributed by atoms with Crippen LogP contribution in [0.1, 0.15) is 50.2 Å². The van der Waals surface area contributed by atoms with Gasteiger partial charge in [-0.2, -0.15) is 0 Å². The van der Waals surface area contributed by atoms with Crippen LogP contribution in [0.4, 0.5) is 5.82 Å². The molecule has 1 saturated carbocycles. The van der Waals surface area contributed by atoms with Crippen LogP contribution >= 0.6 is 0 Å². The summed E-state index contributed by atoms with van der Waals surface area (Å²) in [5, 5.41) is 0. The van der Waals surface area contributed by atoms with Gasteiger partial charge in [-0.3, -0.25) is 0 Å². The van der Waals surface area contributed by atoms with E-state index in [0.29, 0.717) is 17.7 Å². The second-order valence-corrected chi connectivity index (χ2v) is 4.75. The van der Waals surface area contributed by atoms with Crippen molar-refractivity contribution in [2.45, 2.75) is 38.7 Å². The quantitative estimate of drug-likeness (QED) is 0.847. The lowest BCUT2D eigenvalue weighted by molar-refractivity contribution is 0.0574.